The van der Waals surface area contributed by atoms with Crippen LogP contribution in [0.2, 0.25) is 0 Å². The molecule has 0 spiro atoms. The Kier molecular flexibility index (Phi) is 5.88. The van der Waals surface area contributed by atoms with E-state index in [-0.39, 0.29) is 24.6 Å². The van der Waals surface area contributed by atoms with Crippen molar-refractivity contribution in [3.8, 4) is 0 Å². The molecule has 5 heteroatoms. The molecule has 5 nitrogen and oxygen atoms in total. The monoisotopic (exact) mass is 258 g/mol. The van der Waals surface area contributed by atoms with Crippen molar-refractivity contribution in [3.63, 3.8) is 0 Å². The first-order chi connectivity index (χ1) is 8.45. The largest absolute Gasteiger partial charge is 0.388 e. The molecule has 0 aromatic heterocycles. The molecule has 2 unspecified atom stereocenters. The topological polar surface area (TPSA) is 70.6 Å². The third kappa shape index (κ3) is 4.82. The highest BCUT2D eigenvalue weighted by Crippen LogP contribution is 2.20. The molecule has 1 aliphatic carbocycles. The van der Waals surface area contributed by atoms with Gasteiger partial charge >= 0.3 is 6.03 Å². The van der Waals surface area contributed by atoms with Gasteiger partial charge in [0.25, 0.3) is 0 Å². The van der Waals surface area contributed by atoms with E-state index in [2.05, 4.69) is 10.8 Å². The quantitative estimate of drug-likeness (QED) is 0.638. The van der Waals surface area contributed by atoms with E-state index in [4.69, 9.17) is 4.84 Å². The Morgan fingerprint density at radius 3 is 2.67 bits per heavy atom. The molecular weight excluding hydrogens is 232 g/mol. The molecule has 106 valence electrons. The van der Waals surface area contributed by atoms with Gasteiger partial charge in [0.05, 0.1) is 11.7 Å². The van der Waals surface area contributed by atoms with E-state index in [1.807, 2.05) is 13.8 Å². The Labute approximate surface area is 109 Å². The number of hydrogen-bond donors (Lipinski definition) is 3. The molecule has 1 rings (SSSR count). The van der Waals surface area contributed by atoms with Crippen molar-refractivity contribution in [1.29, 1.82) is 0 Å². The van der Waals surface area contributed by atoms with Gasteiger partial charge < -0.3 is 10.4 Å². The van der Waals surface area contributed by atoms with Gasteiger partial charge in [-0.05, 0) is 25.7 Å². The summed E-state index contributed by atoms with van der Waals surface area (Å²) in [5.41, 5.74) is 1.50. The number of rotatable bonds is 6. The van der Waals surface area contributed by atoms with Crippen molar-refractivity contribution >= 4 is 6.03 Å². The summed E-state index contributed by atoms with van der Waals surface area (Å²) >= 11 is 0. The van der Waals surface area contributed by atoms with E-state index in [1.165, 1.54) is 0 Å². The normalized spacial score (nSPS) is 21.3. The van der Waals surface area contributed by atoms with Gasteiger partial charge in [-0.1, -0.05) is 33.1 Å². The van der Waals surface area contributed by atoms with Crippen LogP contribution in [0.5, 0.6) is 0 Å². The lowest BCUT2D eigenvalue weighted by atomic mass is 9.89. The van der Waals surface area contributed by atoms with Crippen molar-refractivity contribution in [2.24, 2.45) is 5.92 Å². The lowest BCUT2D eigenvalue weighted by Crippen LogP contribution is -2.48. The molecular formula is C13H26N2O3. The Balaban J connectivity index is 2.19. The van der Waals surface area contributed by atoms with Gasteiger partial charge in [0, 0.05) is 6.54 Å². The van der Waals surface area contributed by atoms with Gasteiger partial charge in [0.15, 0.2) is 0 Å². The zero-order chi connectivity index (χ0) is 13.6. The Bertz CT molecular complexity index is 263. The van der Waals surface area contributed by atoms with Crippen molar-refractivity contribution in [3.05, 3.63) is 0 Å². The number of hydroxylamine groups is 1. The third-order valence-electron chi connectivity index (χ3n) is 3.90. The number of aliphatic hydroxyl groups is 1. The second-order valence-electron chi connectivity index (χ2n) is 5.48. The van der Waals surface area contributed by atoms with Crippen molar-refractivity contribution in [2.75, 3.05) is 6.54 Å². The number of nitrogens with one attached hydrogen (secondary N) is 2. The van der Waals surface area contributed by atoms with E-state index in [0.29, 0.717) is 0 Å². The molecule has 1 aliphatic rings. The first-order valence-corrected chi connectivity index (χ1v) is 6.87. The number of carbonyl (C=O) groups excluding carboxylic acids is 1. The molecule has 0 radical (unpaired) electrons. The van der Waals surface area contributed by atoms with Crippen LogP contribution in [-0.4, -0.2) is 29.4 Å². The minimum atomic E-state index is -0.889. The first kappa shape index (κ1) is 15.2. The van der Waals surface area contributed by atoms with E-state index < -0.39 is 5.60 Å². The SMILES string of the molecule is CCC(C)C(C)(O)CNC(=O)NOC1CCCC1. The summed E-state index contributed by atoms with van der Waals surface area (Å²) in [6.07, 6.45) is 5.35. The molecule has 0 aromatic rings. The number of carbonyl (C=O) groups is 1. The molecule has 3 N–H and O–H groups in total. The molecule has 18 heavy (non-hydrogen) atoms. The summed E-state index contributed by atoms with van der Waals surface area (Å²) in [7, 11) is 0. The number of hydrogen-bond acceptors (Lipinski definition) is 3. The predicted molar refractivity (Wildman–Crippen MR) is 70.0 cm³/mol. The summed E-state index contributed by atoms with van der Waals surface area (Å²) < 4.78 is 0. The summed E-state index contributed by atoms with van der Waals surface area (Å²) in [6, 6.07) is -0.384. The fourth-order valence-corrected chi connectivity index (χ4v) is 2.05. The minimum Gasteiger partial charge on any atom is -0.388 e. The Hall–Kier alpha value is -0.810. The smallest absolute Gasteiger partial charge is 0.338 e. The van der Waals surface area contributed by atoms with Crippen LogP contribution < -0.4 is 10.8 Å². The maximum atomic E-state index is 11.5. The summed E-state index contributed by atoms with van der Waals surface area (Å²) in [6.45, 7) is 5.94. The zero-order valence-corrected chi connectivity index (χ0v) is 11.7. The molecule has 0 heterocycles. The summed E-state index contributed by atoms with van der Waals surface area (Å²) in [4.78, 5) is 16.8. The minimum absolute atomic E-state index is 0.133. The van der Waals surface area contributed by atoms with Gasteiger partial charge in [-0.15, -0.1) is 0 Å². The summed E-state index contributed by atoms with van der Waals surface area (Å²) in [5.74, 6) is 0.133. The highest BCUT2D eigenvalue weighted by molar-refractivity contribution is 5.72. The average molecular weight is 258 g/mol. The van der Waals surface area contributed by atoms with Crippen LogP contribution in [0.1, 0.15) is 52.9 Å². The Morgan fingerprint density at radius 2 is 2.11 bits per heavy atom. The van der Waals surface area contributed by atoms with E-state index in [0.717, 1.165) is 32.1 Å². The van der Waals surface area contributed by atoms with Crippen LogP contribution in [0.15, 0.2) is 0 Å². The molecule has 0 saturated heterocycles. The first-order valence-electron chi connectivity index (χ1n) is 6.87. The van der Waals surface area contributed by atoms with Gasteiger partial charge in [0.1, 0.15) is 0 Å². The van der Waals surface area contributed by atoms with Crippen LogP contribution in [0.4, 0.5) is 4.79 Å². The van der Waals surface area contributed by atoms with Crippen molar-refractivity contribution in [2.45, 2.75) is 64.6 Å². The molecule has 2 amide bonds. The predicted octanol–water partition coefficient (Wildman–Crippen LogP) is 1.96. The standard InChI is InChI=1S/C13H26N2O3/c1-4-10(2)13(3,17)9-14-12(16)15-18-11-7-5-6-8-11/h10-11,17H,4-9H2,1-3H3,(H2,14,15,16). The van der Waals surface area contributed by atoms with E-state index in [1.54, 1.807) is 6.92 Å². The molecule has 1 saturated carbocycles. The van der Waals surface area contributed by atoms with Crippen LogP contribution in [0.3, 0.4) is 0 Å². The summed E-state index contributed by atoms with van der Waals surface area (Å²) in [5, 5.41) is 12.8. The highest BCUT2D eigenvalue weighted by atomic mass is 16.7. The average Bonchev–Trinajstić information content (AvgIpc) is 2.86. The van der Waals surface area contributed by atoms with Crippen molar-refractivity contribution in [1.82, 2.24) is 10.8 Å². The van der Waals surface area contributed by atoms with Gasteiger partial charge in [-0.25, -0.2) is 10.3 Å². The van der Waals surface area contributed by atoms with Crippen LogP contribution in [-0.2, 0) is 4.84 Å². The van der Waals surface area contributed by atoms with Crippen LogP contribution >= 0.6 is 0 Å². The van der Waals surface area contributed by atoms with Gasteiger partial charge in [-0.3, -0.25) is 4.84 Å². The van der Waals surface area contributed by atoms with Gasteiger partial charge in [0.2, 0.25) is 0 Å². The second-order valence-corrected chi connectivity index (χ2v) is 5.48. The third-order valence-corrected chi connectivity index (χ3v) is 3.90. The van der Waals surface area contributed by atoms with E-state index in [9.17, 15) is 9.90 Å². The number of urea groups is 1. The fraction of sp³-hybridized carbons (Fsp3) is 0.923. The molecule has 0 bridgehead atoms. The van der Waals surface area contributed by atoms with Crippen molar-refractivity contribution < 1.29 is 14.7 Å². The fourth-order valence-electron chi connectivity index (χ4n) is 2.05. The van der Waals surface area contributed by atoms with Crippen LogP contribution in [0.25, 0.3) is 0 Å². The highest BCUT2D eigenvalue weighted by Gasteiger charge is 2.27. The second kappa shape index (κ2) is 6.95. The molecule has 0 aliphatic heterocycles. The Morgan fingerprint density at radius 1 is 1.50 bits per heavy atom. The van der Waals surface area contributed by atoms with Gasteiger partial charge in [-0.2, -0.15) is 0 Å². The number of amides is 2. The lowest BCUT2D eigenvalue weighted by molar-refractivity contribution is -0.00912. The maximum absolute atomic E-state index is 11.5. The molecule has 0 aromatic carbocycles. The van der Waals surface area contributed by atoms with Crippen LogP contribution in [0, 0.1) is 5.92 Å². The lowest BCUT2D eigenvalue weighted by Gasteiger charge is -2.29. The zero-order valence-electron chi connectivity index (χ0n) is 11.7. The molecule has 1 fully saturated rings. The maximum Gasteiger partial charge on any atom is 0.338 e. The molecule has 2 atom stereocenters. The van der Waals surface area contributed by atoms with E-state index >= 15 is 0 Å².